The first kappa shape index (κ1) is 21.8. The largest absolute Gasteiger partial charge is 0.489 e. The van der Waals surface area contributed by atoms with Gasteiger partial charge < -0.3 is 19.5 Å². The Hall–Kier alpha value is -3.76. The van der Waals surface area contributed by atoms with E-state index in [-0.39, 0.29) is 6.10 Å². The number of anilines is 2. The van der Waals surface area contributed by atoms with Gasteiger partial charge in [-0.1, -0.05) is 0 Å². The fourth-order valence-electron chi connectivity index (χ4n) is 4.21. The number of aromatic nitrogens is 5. The Morgan fingerprint density at radius 3 is 2.83 bits per heavy atom. The van der Waals surface area contributed by atoms with Crippen molar-refractivity contribution in [2.75, 3.05) is 25.6 Å². The average molecular weight is 489 g/mol. The number of methoxy groups -OCH3 is 1. The number of nitrogens with one attached hydrogen (secondary N) is 1. The van der Waals surface area contributed by atoms with Gasteiger partial charge in [-0.25, -0.2) is 15.0 Å². The number of nitrogens with zero attached hydrogens (tertiary/aromatic N) is 5. The molecule has 0 bridgehead atoms. The molecule has 5 aromatic rings. The van der Waals surface area contributed by atoms with E-state index in [1.165, 1.54) is 0 Å². The highest BCUT2D eigenvalue weighted by Crippen LogP contribution is 2.39. The first-order valence-electron chi connectivity index (χ1n) is 11.3. The zero-order valence-electron chi connectivity index (χ0n) is 19.6. The molecule has 1 atom stereocenters. The number of fused-ring (bicyclic) bond motifs is 2. The third-order valence-corrected chi connectivity index (χ3v) is 7.03. The minimum Gasteiger partial charge on any atom is -0.489 e. The predicted molar refractivity (Wildman–Crippen MR) is 136 cm³/mol. The van der Waals surface area contributed by atoms with Gasteiger partial charge in [0.1, 0.15) is 24.0 Å². The first-order chi connectivity index (χ1) is 17.1. The van der Waals surface area contributed by atoms with E-state index in [1.807, 2.05) is 43.0 Å². The fraction of sp³-hybridized carbons (Fsp3) is 0.280. The van der Waals surface area contributed by atoms with Crippen molar-refractivity contribution < 1.29 is 14.2 Å². The number of thiazole rings is 1. The van der Waals surface area contributed by atoms with Crippen molar-refractivity contribution in [2.45, 2.75) is 13.0 Å². The normalized spacial score (nSPS) is 14.7. The van der Waals surface area contributed by atoms with E-state index in [9.17, 15) is 0 Å². The van der Waals surface area contributed by atoms with E-state index in [4.69, 9.17) is 14.2 Å². The molecule has 3 aromatic heterocycles. The summed E-state index contributed by atoms with van der Waals surface area (Å²) in [7, 11) is 3.49. The summed E-state index contributed by atoms with van der Waals surface area (Å²) in [4.78, 5) is 13.5. The minimum atomic E-state index is -0.0282. The van der Waals surface area contributed by atoms with Crippen molar-refractivity contribution in [1.29, 1.82) is 0 Å². The van der Waals surface area contributed by atoms with Gasteiger partial charge in [0.2, 0.25) is 5.88 Å². The third kappa shape index (κ3) is 4.04. The van der Waals surface area contributed by atoms with Crippen LogP contribution in [0.4, 0.5) is 11.5 Å². The molecule has 178 valence electrons. The lowest BCUT2D eigenvalue weighted by molar-refractivity contribution is -0.0773. The van der Waals surface area contributed by atoms with E-state index < -0.39 is 0 Å². The molecule has 0 unspecified atom stereocenters. The van der Waals surface area contributed by atoms with Crippen LogP contribution in [0.3, 0.4) is 0 Å². The summed E-state index contributed by atoms with van der Waals surface area (Å²) in [5, 5.41) is 8.69. The SMILES string of the molecule is COc1nn(C)cc1-c1cc(O[C@H](C)C2COC2)c2c(Nc3ccc4ncsc4c3)ncnc2c1. The highest BCUT2D eigenvalue weighted by Gasteiger charge is 2.28. The van der Waals surface area contributed by atoms with Crippen LogP contribution in [0.2, 0.25) is 0 Å². The van der Waals surface area contributed by atoms with E-state index in [0.717, 1.165) is 37.9 Å². The molecule has 0 amide bonds. The van der Waals surface area contributed by atoms with Gasteiger partial charge in [-0.2, -0.15) is 0 Å². The molecule has 1 N–H and O–H groups in total. The van der Waals surface area contributed by atoms with Crippen LogP contribution in [0.1, 0.15) is 6.92 Å². The van der Waals surface area contributed by atoms with Crippen molar-refractivity contribution in [2.24, 2.45) is 13.0 Å². The Bertz CT molecular complexity index is 1530. The maximum absolute atomic E-state index is 6.53. The highest BCUT2D eigenvalue weighted by molar-refractivity contribution is 7.16. The summed E-state index contributed by atoms with van der Waals surface area (Å²) >= 11 is 1.60. The van der Waals surface area contributed by atoms with Gasteiger partial charge in [0.15, 0.2) is 0 Å². The van der Waals surface area contributed by atoms with Gasteiger partial charge in [-0.05, 0) is 42.8 Å². The molecule has 4 heterocycles. The second kappa shape index (κ2) is 8.79. The van der Waals surface area contributed by atoms with Crippen LogP contribution in [0.25, 0.3) is 32.2 Å². The van der Waals surface area contributed by atoms with Crippen molar-refractivity contribution in [3.8, 4) is 22.8 Å². The van der Waals surface area contributed by atoms with Gasteiger partial charge in [0, 0.05) is 24.8 Å². The number of ether oxygens (including phenoxy) is 3. The van der Waals surface area contributed by atoms with Crippen LogP contribution in [-0.2, 0) is 11.8 Å². The van der Waals surface area contributed by atoms with Gasteiger partial charge in [-0.3, -0.25) is 4.68 Å². The molecule has 2 aromatic carbocycles. The topological polar surface area (TPSA) is 96.2 Å². The standard InChI is InChI=1S/C25H24N6O3S/c1-14(16-10-33-11-16)34-21-7-15(18-9-31(2)30-25(18)32-3)6-20-23(21)24(27-12-26-20)29-17-4-5-19-22(8-17)35-13-28-19/h4-9,12-14,16H,10-11H2,1-3H3,(H,26,27,29)/t14-/m1/s1. The number of benzene rings is 2. The second-order valence-electron chi connectivity index (χ2n) is 8.60. The van der Waals surface area contributed by atoms with Crippen LogP contribution in [0.5, 0.6) is 11.6 Å². The van der Waals surface area contributed by atoms with Crippen molar-refractivity contribution in [1.82, 2.24) is 24.7 Å². The van der Waals surface area contributed by atoms with Crippen LogP contribution >= 0.6 is 11.3 Å². The number of aryl methyl sites for hydroxylation is 1. The lowest BCUT2D eigenvalue weighted by Gasteiger charge is -2.32. The summed E-state index contributed by atoms with van der Waals surface area (Å²) < 4.78 is 20.3. The predicted octanol–water partition coefficient (Wildman–Crippen LogP) is 4.81. The Balaban J connectivity index is 1.47. The molecule has 1 aliphatic rings. The molecule has 1 aliphatic heterocycles. The Morgan fingerprint density at radius 2 is 2.03 bits per heavy atom. The zero-order valence-corrected chi connectivity index (χ0v) is 20.4. The third-order valence-electron chi connectivity index (χ3n) is 6.24. The minimum absolute atomic E-state index is 0.0282. The molecule has 0 aliphatic carbocycles. The second-order valence-corrected chi connectivity index (χ2v) is 9.48. The molecule has 0 radical (unpaired) electrons. The van der Waals surface area contributed by atoms with Crippen molar-refractivity contribution in [3.63, 3.8) is 0 Å². The monoisotopic (exact) mass is 488 g/mol. The van der Waals surface area contributed by atoms with Gasteiger partial charge >= 0.3 is 0 Å². The van der Waals surface area contributed by atoms with Gasteiger partial charge in [-0.15, -0.1) is 16.4 Å². The van der Waals surface area contributed by atoms with Crippen molar-refractivity contribution in [3.05, 3.63) is 48.4 Å². The number of rotatable bonds is 7. The average Bonchev–Trinajstić information content (AvgIpc) is 3.43. The quantitative estimate of drug-likeness (QED) is 0.349. The molecule has 1 saturated heterocycles. The van der Waals surface area contributed by atoms with Crippen LogP contribution in [-0.4, -0.2) is 51.2 Å². The zero-order chi connectivity index (χ0) is 23.9. The fourth-order valence-corrected chi connectivity index (χ4v) is 4.92. The first-order valence-corrected chi connectivity index (χ1v) is 12.2. The maximum Gasteiger partial charge on any atom is 0.240 e. The van der Waals surface area contributed by atoms with Crippen molar-refractivity contribution >= 4 is 44.0 Å². The Morgan fingerprint density at radius 1 is 1.14 bits per heavy atom. The van der Waals surface area contributed by atoms with E-state index in [1.54, 1.807) is 29.5 Å². The summed E-state index contributed by atoms with van der Waals surface area (Å²) in [6, 6.07) is 10.1. The summed E-state index contributed by atoms with van der Waals surface area (Å²) in [5.41, 5.74) is 6.28. The maximum atomic E-state index is 6.53. The summed E-state index contributed by atoms with van der Waals surface area (Å²) in [5.74, 6) is 2.26. The number of hydrogen-bond acceptors (Lipinski definition) is 9. The van der Waals surface area contributed by atoms with Gasteiger partial charge in [0.05, 0.1) is 52.5 Å². The summed E-state index contributed by atoms with van der Waals surface area (Å²) in [6.45, 7) is 3.47. The lowest BCUT2D eigenvalue weighted by Crippen LogP contribution is -2.39. The molecule has 1 fully saturated rings. The van der Waals surface area contributed by atoms with E-state index >= 15 is 0 Å². The molecule has 35 heavy (non-hydrogen) atoms. The van der Waals surface area contributed by atoms with E-state index in [2.05, 4.69) is 38.4 Å². The molecule has 9 nitrogen and oxygen atoms in total. The van der Waals surface area contributed by atoms with Crippen LogP contribution in [0, 0.1) is 5.92 Å². The smallest absolute Gasteiger partial charge is 0.240 e. The molecular weight excluding hydrogens is 464 g/mol. The Kier molecular flexibility index (Phi) is 5.46. The molecule has 0 spiro atoms. The Labute approximate surface area is 205 Å². The highest BCUT2D eigenvalue weighted by atomic mass is 32.1. The molecule has 6 rings (SSSR count). The summed E-state index contributed by atoms with van der Waals surface area (Å²) in [6.07, 6.45) is 3.46. The molecule has 10 heteroatoms. The molecule has 0 saturated carbocycles. The van der Waals surface area contributed by atoms with Crippen LogP contribution in [0.15, 0.2) is 48.4 Å². The van der Waals surface area contributed by atoms with E-state index in [0.29, 0.717) is 36.6 Å². The van der Waals surface area contributed by atoms with Gasteiger partial charge in [0.25, 0.3) is 0 Å². The number of hydrogen-bond donors (Lipinski definition) is 1. The molecular formula is C25H24N6O3S. The lowest BCUT2D eigenvalue weighted by atomic mass is 10.0. The van der Waals surface area contributed by atoms with Crippen LogP contribution < -0.4 is 14.8 Å².